The van der Waals surface area contributed by atoms with Crippen LogP contribution in [-0.2, 0) is 4.74 Å². The molecule has 0 fully saturated rings. The molecule has 0 unspecified atom stereocenters. The van der Waals surface area contributed by atoms with Gasteiger partial charge in [-0.05, 0) is 0 Å². The van der Waals surface area contributed by atoms with Crippen LogP contribution in [0.2, 0.25) is 0 Å². The van der Waals surface area contributed by atoms with Crippen LogP contribution >= 0.6 is 0 Å². The van der Waals surface area contributed by atoms with Gasteiger partial charge in [-0.25, -0.2) is 14.3 Å². The number of nitrogens with zero attached hydrogens (tertiary/aromatic N) is 2. The summed E-state index contributed by atoms with van der Waals surface area (Å²) < 4.78 is 6.06. The first-order chi connectivity index (χ1) is 6.34. The van der Waals surface area contributed by atoms with E-state index in [-0.39, 0.29) is 6.61 Å². The highest BCUT2D eigenvalue weighted by Gasteiger charge is 2.01. The highest BCUT2D eigenvalue weighted by Crippen LogP contribution is 1.88. The van der Waals surface area contributed by atoms with Gasteiger partial charge in [0.05, 0.1) is 0 Å². The summed E-state index contributed by atoms with van der Waals surface area (Å²) in [4.78, 5) is 14.8. The van der Waals surface area contributed by atoms with Crippen LogP contribution < -0.4 is 0 Å². The fourth-order valence-corrected chi connectivity index (χ4v) is 0.716. The summed E-state index contributed by atoms with van der Waals surface area (Å²) in [5.74, 6) is 5.50. The Morgan fingerprint density at radius 1 is 1.62 bits per heavy atom. The third-order valence-corrected chi connectivity index (χ3v) is 1.28. The van der Waals surface area contributed by atoms with Crippen molar-refractivity contribution in [3.63, 3.8) is 0 Å². The van der Waals surface area contributed by atoms with Gasteiger partial charge in [-0.3, -0.25) is 0 Å². The molecule has 0 saturated heterocycles. The number of imidazole rings is 1. The second-order valence-corrected chi connectivity index (χ2v) is 2.23. The predicted octanol–water partition coefficient (Wildman–Crippen LogP) is 1.28. The molecule has 0 atom stereocenters. The van der Waals surface area contributed by atoms with E-state index in [0.717, 1.165) is 6.42 Å². The van der Waals surface area contributed by atoms with Gasteiger partial charge in [-0.15, -0.1) is 5.92 Å². The molecule has 1 aromatic heterocycles. The molecule has 4 heteroatoms. The summed E-state index contributed by atoms with van der Waals surface area (Å²) in [5, 5.41) is 0. The van der Waals surface area contributed by atoms with E-state index < -0.39 is 6.09 Å². The zero-order valence-electron chi connectivity index (χ0n) is 7.36. The summed E-state index contributed by atoms with van der Waals surface area (Å²) >= 11 is 0. The van der Waals surface area contributed by atoms with Gasteiger partial charge in [0.25, 0.3) is 0 Å². The second-order valence-electron chi connectivity index (χ2n) is 2.23. The van der Waals surface area contributed by atoms with Gasteiger partial charge in [0.2, 0.25) is 0 Å². The first kappa shape index (κ1) is 9.33. The van der Waals surface area contributed by atoms with Crippen molar-refractivity contribution < 1.29 is 9.53 Å². The van der Waals surface area contributed by atoms with E-state index in [2.05, 4.69) is 16.8 Å². The molecular formula is C9H10N2O2. The lowest BCUT2D eigenvalue weighted by Crippen LogP contribution is -2.11. The van der Waals surface area contributed by atoms with E-state index in [1.54, 1.807) is 0 Å². The van der Waals surface area contributed by atoms with Gasteiger partial charge in [0.15, 0.2) is 6.61 Å². The number of carbonyl (C=O) groups excluding carboxylic acids is 1. The topological polar surface area (TPSA) is 44.1 Å². The van der Waals surface area contributed by atoms with E-state index in [1.807, 2.05) is 6.92 Å². The minimum Gasteiger partial charge on any atom is -0.436 e. The summed E-state index contributed by atoms with van der Waals surface area (Å²) in [5.41, 5.74) is 0. The Labute approximate surface area is 76.5 Å². The Bertz CT molecular complexity index is 319. The summed E-state index contributed by atoms with van der Waals surface area (Å²) in [6, 6.07) is 0. The van der Waals surface area contributed by atoms with Gasteiger partial charge in [0, 0.05) is 18.8 Å². The molecule has 0 spiro atoms. The third kappa shape index (κ3) is 2.99. The second kappa shape index (κ2) is 4.99. The summed E-state index contributed by atoms with van der Waals surface area (Å²) in [6.07, 6.45) is 4.73. The number of ether oxygens (including phenoxy) is 1. The molecule has 0 bridgehead atoms. The Morgan fingerprint density at radius 3 is 3.08 bits per heavy atom. The fourth-order valence-electron chi connectivity index (χ4n) is 0.716. The Kier molecular flexibility index (Phi) is 3.58. The van der Waals surface area contributed by atoms with E-state index in [9.17, 15) is 4.79 Å². The molecule has 0 aliphatic carbocycles. The average molecular weight is 178 g/mol. The molecule has 13 heavy (non-hydrogen) atoms. The monoisotopic (exact) mass is 178 g/mol. The van der Waals surface area contributed by atoms with Crippen molar-refractivity contribution >= 4 is 6.09 Å². The van der Waals surface area contributed by atoms with Crippen LogP contribution in [-0.4, -0.2) is 22.3 Å². The molecule has 0 aliphatic rings. The highest BCUT2D eigenvalue weighted by atomic mass is 16.5. The van der Waals surface area contributed by atoms with Crippen molar-refractivity contribution in [1.29, 1.82) is 0 Å². The molecule has 0 aliphatic heterocycles. The maximum absolute atomic E-state index is 11.1. The number of rotatable bonds is 1. The van der Waals surface area contributed by atoms with Gasteiger partial charge in [-0.1, -0.05) is 12.8 Å². The zero-order valence-corrected chi connectivity index (χ0v) is 7.36. The Balaban J connectivity index is 2.35. The van der Waals surface area contributed by atoms with E-state index >= 15 is 0 Å². The van der Waals surface area contributed by atoms with Crippen molar-refractivity contribution in [3.8, 4) is 11.8 Å². The number of hydrogen-bond donors (Lipinski definition) is 0. The van der Waals surface area contributed by atoms with E-state index in [4.69, 9.17) is 4.74 Å². The summed E-state index contributed by atoms with van der Waals surface area (Å²) in [7, 11) is 0. The standard InChI is InChI=1S/C9H10N2O2/c1-2-3-4-7-13-9(12)11-6-5-10-8-11/h5-6,8H,2,7H2,1H3. The van der Waals surface area contributed by atoms with Crippen LogP contribution in [0.3, 0.4) is 0 Å². The van der Waals surface area contributed by atoms with Crippen molar-refractivity contribution in [2.45, 2.75) is 13.3 Å². The molecule has 0 N–H and O–H groups in total. The van der Waals surface area contributed by atoms with E-state index in [0.29, 0.717) is 0 Å². The maximum atomic E-state index is 11.1. The highest BCUT2D eigenvalue weighted by molar-refractivity contribution is 5.70. The van der Waals surface area contributed by atoms with Crippen LogP contribution in [0.25, 0.3) is 0 Å². The fraction of sp³-hybridized carbons (Fsp3) is 0.333. The molecule has 1 aromatic rings. The Hall–Kier alpha value is -1.76. The summed E-state index contributed by atoms with van der Waals surface area (Å²) in [6.45, 7) is 2.07. The molecule has 0 saturated carbocycles. The lowest BCUT2D eigenvalue weighted by atomic mass is 10.5. The lowest BCUT2D eigenvalue weighted by Gasteiger charge is -1.98. The van der Waals surface area contributed by atoms with E-state index in [1.165, 1.54) is 23.3 Å². The Morgan fingerprint density at radius 2 is 2.46 bits per heavy atom. The van der Waals surface area contributed by atoms with Crippen molar-refractivity contribution in [1.82, 2.24) is 9.55 Å². The zero-order chi connectivity index (χ0) is 9.52. The van der Waals surface area contributed by atoms with Crippen molar-refractivity contribution in [2.24, 2.45) is 0 Å². The molecule has 0 radical (unpaired) electrons. The predicted molar refractivity (Wildman–Crippen MR) is 47.0 cm³/mol. The quantitative estimate of drug-likeness (QED) is 0.608. The SMILES string of the molecule is CCC#CCOC(=O)n1ccnc1. The smallest absolute Gasteiger partial charge is 0.420 e. The minimum absolute atomic E-state index is 0.130. The average Bonchev–Trinajstić information content (AvgIpc) is 2.65. The molecule has 68 valence electrons. The maximum Gasteiger partial charge on any atom is 0.420 e. The molecular weight excluding hydrogens is 168 g/mol. The normalized spacial score (nSPS) is 8.69. The molecule has 1 rings (SSSR count). The van der Waals surface area contributed by atoms with Gasteiger partial charge >= 0.3 is 6.09 Å². The van der Waals surface area contributed by atoms with Gasteiger partial charge in [-0.2, -0.15) is 0 Å². The number of carbonyl (C=O) groups is 1. The van der Waals surface area contributed by atoms with Gasteiger partial charge in [0.1, 0.15) is 6.33 Å². The molecule has 4 nitrogen and oxygen atoms in total. The molecule has 0 amide bonds. The first-order valence-electron chi connectivity index (χ1n) is 3.95. The molecule has 0 aromatic carbocycles. The van der Waals surface area contributed by atoms with Crippen molar-refractivity contribution in [3.05, 3.63) is 18.7 Å². The minimum atomic E-state index is -0.456. The molecule has 1 heterocycles. The van der Waals surface area contributed by atoms with Crippen LogP contribution in [0, 0.1) is 11.8 Å². The van der Waals surface area contributed by atoms with Crippen LogP contribution in [0.15, 0.2) is 18.7 Å². The third-order valence-electron chi connectivity index (χ3n) is 1.28. The van der Waals surface area contributed by atoms with Gasteiger partial charge < -0.3 is 4.74 Å². The lowest BCUT2D eigenvalue weighted by molar-refractivity contribution is 0.162. The van der Waals surface area contributed by atoms with Crippen LogP contribution in [0.4, 0.5) is 4.79 Å². The van der Waals surface area contributed by atoms with Crippen LogP contribution in [0.5, 0.6) is 0 Å². The number of aromatic nitrogens is 2. The van der Waals surface area contributed by atoms with Crippen molar-refractivity contribution in [2.75, 3.05) is 6.61 Å². The number of hydrogen-bond acceptors (Lipinski definition) is 3. The van der Waals surface area contributed by atoms with Crippen LogP contribution in [0.1, 0.15) is 13.3 Å². The largest absolute Gasteiger partial charge is 0.436 e. The first-order valence-corrected chi connectivity index (χ1v) is 3.95.